The van der Waals surface area contributed by atoms with Crippen LogP contribution in [0.15, 0.2) is 34.2 Å². The van der Waals surface area contributed by atoms with Gasteiger partial charge in [-0.2, -0.15) is 0 Å². The molecule has 0 amide bonds. The van der Waals surface area contributed by atoms with Crippen LogP contribution in [-0.4, -0.2) is 33.7 Å². The van der Waals surface area contributed by atoms with Crippen LogP contribution in [0.1, 0.15) is 58.4 Å². The first-order valence-electron chi connectivity index (χ1n) is 9.64. The minimum atomic E-state index is -3.15. The van der Waals surface area contributed by atoms with Crippen LogP contribution in [0.4, 0.5) is 0 Å². The van der Waals surface area contributed by atoms with Crippen molar-refractivity contribution < 1.29 is 8.42 Å². The first-order chi connectivity index (χ1) is 12.3. The van der Waals surface area contributed by atoms with Crippen LogP contribution >= 0.6 is 0 Å². The molecule has 5 nitrogen and oxygen atoms in total. The quantitative estimate of drug-likeness (QED) is 0.348. The number of unbranched alkanes of at least 4 members (excludes halogenated alkanes) is 3. The molecule has 0 aliphatic heterocycles. The van der Waals surface area contributed by atoms with Crippen molar-refractivity contribution in [2.24, 2.45) is 10.9 Å². The van der Waals surface area contributed by atoms with E-state index < -0.39 is 9.84 Å². The molecular weight excluding hydrogens is 346 g/mol. The van der Waals surface area contributed by atoms with Crippen LogP contribution in [0.2, 0.25) is 0 Å². The van der Waals surface area contributed by atoms with E-state index in [4.69, 9.17) is 0 Å². The Bertz CT molecular complexity index is 638. The molecule has 0 aliphatic rings. The van der Waals surface area contributed by atoms with Gasteiger partial charge in [-0.3, -0.25) is 0 Å². The molecule has 0 radical (unpaired) electrons. The van der Waals surface area contributed by atoms with Gasteiger partial charge in [0.15, 0.2) is 15.8 Å². The smallest absolute Gasteiger partial charge is 0.191 e. The number of sulfone groups is 1. The van der Waals surface area contributed by atoms with Crippen molar-refractivity contribution >= 4 is 15.8 Å². The number of nitrogens with one attached hydrogen (secondary N) is 2. The van der Waals surface area contributed by atoms with E-state index in [0.29, 0.717) is 11.4 Å². The number of hydrogen-bond acceptors (Lipinski definition) is 3. The Morgan fingerprint density at radius 2 is 1.69 bits per heavy atom. The standard InChI is InChI=1S/C20H35N3O2S/c1-5-21-20(22-15-9-7-6-8-10-17(2)3)23-16-18-11-13-19(14-12-18)26(4,24)25/h11-14,17H,5-10,15-16H2,1-4H3,(H2,21,22,23). The fraction of sp³-hybridized carbons (Fsp3) is 0.650. The van der Waals surface area contributed by atoms with E-state index in [1.807, 2.05) is 19.1 Å². The van der Waals surface area contributed by atoms with Gasteiger partial charge in [-0.1, -0.05) is 51.7 Å². The normalized spacial score (nSPS) is 12.4. The highest BCUT2D eigenvalue weighted by atomic mass is 32.2. The molecule has 0 aliphatic carbocycles. The zero-order chi connectivity index (χ0) is 19.4. The summed E-state index contributed by atoms with van der Waals surface area (Å²) in [4.78, 5) is 4.92. The van der Waals surface area contributed by atoms with Gasteiger partial charge in [0.05, 0.1) is 11.4 Å². The lowest BCUT2D eigenvalue weighted by Crippen LogP contribution is -2.37. The van der Waals surface area contributed by atoms with Gasteiger partial charge < -0.3 is 10.6 Å². The average molecular weight is 382 g/mol. The number of nitrogens with zero attached hydrogens (tertiary/aromatic N) is 1. The summed E-state index contributed by atoms with van der Waals surface area (Å²) in [5, 5.41) is 6.62. The van der Waals surface area contributed by atoms with Gasteiger partial charge in [0.2, 0.25) is 0 Å². The van der Waals surface area contributed by atoms with Crippen molar-refractivity contribution in [3.05, 3.63) is 29.8 Å². The Morgan fingerprint density at radius 1 is 1.04 bits per heavy atom. The molecule has 0 fully saturated rings. The number of benzene rings is 1. The van der Waals surface area contributed by atoms with Crippen LogP contribution in [0.3, 0.4) is 0 Å². The number of aliphatic imine (C=N–C) groups is 1. The predicted molar refractivity (Wildman–Crippen MR) is 110 cm³/mol. The lowest BCUT2D eigenvalue weighted by atomic mass is 10.0. The highest BCUT2D eigenvalue weighted by Crippen LogP contribution is 2.11. The minimum absolute atomic E-state index is 0.340. The van der Waals surface area contributed by atoms with E-state index in [0.717, 1.165) is 37.0 Å². The molecule has 26 heavy (non-hydrogen) atoms. The SMILES string of the molecule is CCNC(=NCc1ccc(S(C)(=O)=O)cc1)NCCCCCCC(C)C. The summed E-state index contributed by atoms with van der Waals surface area (Å²) in [6.07, 6.45) is 7.53. The molecule has 0 spiro atoms. The molecule has 0 aromatic heterocycles. The van der Waals surface area contributed by atoms with Gasteiger partial charge in [-0.05, 0) is 37.0 Å². The van der Waals surface area contributed by atoms with E-state index in [2.05, 4.69) is 29.5 Å². The third-order valence-electron chi connectivity index (χ3n) is 4.12. The molecule has 0 heterocycles. The maximum Gasteiger partial charge on any atom is 0.191 e. The van der Waals surface area contributed by atoms with Crippen LogP contribution in [0.25, 0.3) is 0 Å². The molecule has 2 N–H and O–H groups in total. The number of guanidine groups is 1. The zero-order valence-electron chi connectivity index (χ0n) is 16.7. The Labute approximate surface area is 159 Å². The van der Waals surface area contributed by atoms with E-state index in [1.165, 1.54) is 31.9 Å². The first-order valence-corrected chi connectivity index (χ1v) is 11.5. The van der Waals surface area contributed by atoms with Gasteiger partial charge in [-0.15, -0.1) is 0 Å². The van der Waals surface area contributed by atoms with Gasteiger partial charge >= 0.3 is 0 Å². The third-order valence-corrected chi connectivity index (χ3v) is 5.24. The van der Waals surface area contributed by atoms with E-state index in [9.17, 15) is 8.42 Å². The second kappa shape index (κ2) is 11.9. The lowest BCUT2D eigenvalue weighted by molar-refractivity contribution is 0.518. The third kappa shape index (κ3) is 9.80. The van der Waals surface area contributed by atoms with E-state index in [-0.39, 0.29) is 0 Å². The van der Waals surface area contributed by atoms with Crippen molar-refractivity contribution in [3.8, 4) is 0 Å². The maximum atomic E-state index is 11.5. The Hall–Kier alpha value is -1.56. The van der Waals surface area contributed by atoms with Crippen molar-refractivity contribution in [2.45, 2.75) is 64.3 Å². The summed E-state index contributed by atoms with van der Waals surface area (Å²) < 4.78 is 23.0. The van der Waals surface area contributed by atoms with Gasteiger partial charge in [0.1, 0.15) is 0 Å². The second-order valence-electron chi connectivity index (χ2n) is 7.13. The Kier molecular flexibility index (Phi) is 10.3. The molecule has 1 aromatic carbocycles. The van der Waals surface area contributed by atoms with Gasteiger partial charge in [0.25, 0.3) is 0 Å². The summed E-state index contributed by atoms with van der Waals surface area (Å²) in [7, 11) is -3.15. The van der Waals surface area contributed by atoms with Gasteiger partial charge in [0, 0.05) is 19.3 Å². The highest BCUT2D eigenvalue weighted by Gasteiger charge is 2.06. The summed E-state index contributed by atoms with van der Waals surface area (Å²) in [6.45, 7) is 8.84. The number of hydrogen-bond donors (Lipinski definition) is 2. The number of rotatable bonds is 11. The summed E-state index contributed by atoms with van der Waals surface area (Å²) in [5.74, 6) is 1.61. The summed E-state index contributed by atoms with van der Waals surface area (Å²) in [6, 6.07) is 6.91. The lowest BCUT2D eigenvalue weighted by Gasteiger charge is -2.11. The van der Waals surface area contributed by atoms with Crippen molar-refractivity contribution in [1.29, 1.82) is 0 Å². The monoisotopic (exact) mass is 381 g/mol. The van der Waals surface area contributed by atoms with Crippen LogP contribution in [0.5, 0.6) is 0 Å². The molecule has 0 unspecified atom stereocenters. The van der Waals surface area contributed by atoms with Crippen LogP contribution in [0, 0.1) is 5.92 Å². The zero-order valence-corrected chi connectivity index (χ0v) is 17.5. The summed E-state index contributed by atoms with van der Waals surface area (Å²) >= 11 is 0. The molecule has 0 atom stereocenters. The fourth-order valence-electron chi connectivity index (χ4n) is 2.59. The summed E-state index contributed by atoms with van der Waals surface area (Å²) in [5.41, 5.74) is 0.989. The highest BCUT2D eigenvalue weighted by molar-refractivity contribution is 7.90. The van der Waals surface area contributed by atoms with E-state index in [1.54, 1.807) is 12.1 Å². The van der Waals surface area contributed by atoms with Crippen molar-refractivity contribution in [3.63, 3.8) is 0 Å². The van der Waals surface area contributed by atoms with Crippen molar-refractivity contribution in [1.82, 2.24) is 10.6 Å². The topological polar surface area (TPSA) is 70.6 Å². The molecule has 0 saturated carbocycles. The molecule has 0 bridgehead atoms. The molecular formula is C20H35N3O2S. The molecule has 148 valence electrons. The molecule has 1 rings (SSSR count). The molecule has 6 heteroatoms. The van der Waals surface area contributed by atoms with Gasteiger partial charge in [-0.25, -0.2) is 13.4 Å². The van der Waals surface area contributed by atoms with E-state index >= 15 is 0 Å². The average Bonchev–Trinajstić information content (AvgIpc) is 2.58. The first kappa shape index (κ1) is 22.5. The minimum Gasteiger partial charge on any atom is -0.357 e. The Morgan fingerprint density at radius 3 is 2.27 bits per heavy atom. The Balaban J connectivity index is 2.41. The van der Waals surface area contributed by atoms with Crippen LogP contribution in [-0.2, 0) is 16.4 Å². The van der Waals surface area contributed by atoms with Crippen molar-refractivity contribution in [2.75, 3.05) is 19.3 Å². The fourth-order valence-corrected chi connectivity index (χ4v) is 3.22. The van der Waals surface area contributed by atoms with Crippen LogP contribution < -0.4 is 10.6 Å². The predicted octanol–water partition coefficient (Wildman–Crippen LogP) is 3.75. The largest absolute Gasteiger partial charge is 0.357 e. The maximum absolute atomic E-state index is 11.5. The molecule has 1 aromatic rings. The molecule has 0 saturated heterocycles. The second-order valence-corrected chi connectivity index (χ2v) is 9.15.